The number of nitrogens with zero attached hydrogens (tertiary/aromatic N) is 3. The van der Waals surface area contributed by atoms with Gasteiger partial charge in [-0.05, 0) is 101 Å². The van der Waals surface area contributed by atoms with Crippen molar-refractivity contribution in [3.63, 3.8) is 0 Å². The van der Waals surface area contributed by atoms with Crippen LogP contribution in [0.1, 0.15) is 58.3 Å². The van der Waals surface area contributed by atoms with E-state index in [9.17, 15) is 14.1 Å². The van der Waals surface area contributed by atoms with E-state index in [1.807, 2.05) is 22.8 Å². The molecule has 52 heavy (non-hydrogen) atoms. The maximum Gasteiger partial charge on any atom is 0.302 e. The number of hydrogen-bond donors (Lipinski definition) is 1. The number of unbranched alkanes of at least 4 members (excludes halogenated alkanes) is 1. The van der Waals surface area contributed by atoms with E-state index in [4.69, 9.17) is 14.2 Å². The standard InChI is InChI=1S/C41H50N4O6S/c1-5-6-22-49-24-25-51-37-12-7-32(8-13-37)33-9-16-39-35(26-33)27-34(17-19-45(39)28-30(2)3)41(47)43-36-10-14-38(15-11-36)52(48)29-40-42-18-20-44(40)21-23-50-31(4)46/h7-16,18,20,26-27,30H,5-6,17,19,21-25,28-29H2,1-4H3,(H,43,47). The lowest BCUT2D eigenvalue weighted by molar-refractivity contribution is -0.141. The average molecular weight is 727 g/mol. The Morgan fingerprint density at radius 3 is 2.48 bits per heavy atom. The molecule has 0 radical (unpaired) electrons. The molecular weight excluding hydrogens is 677 g/mol. The number of anilines is 2. The number of nitrogens with one attached hydrogen (secondary N) is 1. The van der Waals surface area contributed by atoms with Crippen LogP contribution in [0, 0.1) is 5.92 Å². The smallest absolute Gasteiger partial charge is 0.302 e. The minimum Gasteiger partial charge on any atom is -0.611 e. The van der Waals surface area contributed by atoms with Crippen LogP contribution >= 0.6 is 0 Å². The number of carbonyl (C=O) groups excluding carboxylic acids is 2. The molecule has 0 bridgehead atoms. The molecule has 0 spiro atoms. The SMILES string of the molecule is CCCCOCCOc1ccc(-c2ccc3c(c2)C=C(C(=O)Nc2ccc([S+]([O-])Cc4nccn4CCOC(C)=O)cc2)CCN3CC(C)C)cc1. The summed E-state index contributed by atoms with van der Waals surface area (Å²) in [5.41, 5.74) is 5.57. The van der Waals surface area contributed by atoms with E-state index < -0.39 is 11.2 Å². The van der Waals surface area contributed by atoms with Gasteiger partial charge in [0.1, 0.15) is 19.0 Å². The van der Waals surface area contributed by atoms with Gasteiger partial charge in [-0.2, -0.15) is 0 Å². The topological polar surface area (TPSA) is 118 Å². The van der Waals surface area contributed by atoms with E-state index in [0.29, 0.717) is 54.1 Å². The fraction of sp³-hybridized carbons (Fsp3) is 0.390. The Labute approximate surface area is 310 Å². The van der Waals surface area contributed by atoms with Gasteiger partial charge in [0, 0.05) is 56.0 Å². The van der Waals surface area contributed by atoms with Crippen LogP contribution < -0.4 is 15.0 Å². The van der Waals surface area contributed by atoms with Crippen LogP contribution in [0.2, 0.25) is 0 Å². The summed E-state index contributed by atoms with van der Waals surface area (Å²) in [6.45, 7) is 12.0. The van der Waals surface area contributed by atoms with E-state index in [0.717, 1.165) is 60.7 Å². The normalized spacial score (nSPS) is 13.3. The largest absolute Gasteiger partial charge is 0.611 e. The summed E-state index contributed by atoms with van der Waals surface area (Å²) in [7, 11) is 0. The molecule has 1 aliphatic heterocycles. The molecule has 10 nitrogen and oxygen atoms in total. The maximum atomic E-state index is 13.7. The molecule has 5 rings (SSSR count). The van der Waals surface area contributed by atoms with Crippen molar-refractivity contribution in [1.29, 1.82) is 0 Å². The lowest BCUT2D eigenvalue weighted by Crippen LogP contribution is -2.29. The lowest BCUT2D eigenvalue weighted by atomic mass is 10.00. The molecule has 0 saturated carbocycles. The van der Waals surface area contributed by atoms with E-state index in [2.05, 4.69) is 66.3 Å². The summed E-state index contributed by atoms with van der Waals surface area (Å²) >= 11 is -1.35. The molecule has 0 saturated heterocycles. The number of benzene rings is 3. The highest BCUT2D eigenvalue weighted by Gasteiger charge is 2.22. The summed E-state index contributed by atoms with van der Waals surface area (Å²) in [6.07, 6.45) is 8.20. The van der Waals surface area contributed by atoms with Crippen molar-refractivity contribution >= 4 is 40.5 Å². The van der Waals surface area contributed by atoms with Crippen molar-refractivity contribution in [1.82, 2.24) is 9.55 Å². The highest BCUT2D eigenvalue weighted by atomic mass is 32.2. The summed E-state index contributed by atoms with van der Waals surface area (Å²) in [4.78, 5) is 32.1. The number of aromatic nitrogens is 2. The molecule has 4 aromatic rings. The van der Waals surface area contributed by atoms with Crippen molar-refractivity contribution in [2.75, 3.05) is 49.7 Å². The number of hydrogen-bond acceptors (Lipinski definition) is 8. The van der Waals surface area contributed by atoms with Gasteiger partial charge in [0.05, 0.1) is 13.2 Å². The fourth-order valence-electron chi connectivity index (χ4n) is 5.97. The monoisotopic (exact) mass is 726 g/mol. The Morgan fingerprint density at radius 1 is 0.981 bits per heavy atom. The first-order valence-corrected chi connectivity index (χ1v) is 19.4. The zero-order valence-corrected chi connectivity index (χ0v) is 31.5. The molecule has 1 aromatic heterocycles. The number of ether oxygens (including phenoxy) is 3. The molecule has 1 aliphatic rings. The number of imidazole rings is 1. The lowest BCUT2D eigenvalue weighted by Gasteiger charge is -2.27. The molecule has 1 amide bonds. The highest BCUT2D eigenvalue weighted by molar-refractivity contribution is 7.90. The van der Waals surface area contributed by atoms with Crippen LogP contribution in [-0.2, 0) is 42.5 Å². The number of rotatable bonds is 18. The first-order valence-electron chi connectivity index (χ1n) is 18.0. The predicted molar refractivity (Wildman–Crippen MR) is 207 cm³/mol. The van der Waals surface area contributed by atoms with Crippen molar-refractivity contribution in [3.05, 3.63) is 96.1 Å². The second-order valence-corrected chi connectivity index (χ2v) is 14.7. The number of esters is 1. The minimum absolute atomic E-state index is 0.161. The maximum absolute atomic E-state index is 13.7. The number of amides is 1. The number of carbonyl (C=O) groups is 2. The highest BCUT2D eigenvalue weighted by Crippen LogP contribution is 2.34. The molecule has 2 heterocycles. The third-order valence-corrected chi connectivity index (χ3v) is 9.95. The predicted octanol–water partition coefficient (Wildman–Crippen LogP) is 7.50. The van der Waals surface area contributed by atoms with E-state index >= 15 is 0 Å². The molecule has 1 atom stereocenters. The first-order chi connectivity index (χ1) is 25.2. The molecule has 0 fully saturated rings. The second-order valence-electron chi connectivity index (χ2n) is 13.2. The van der Waals surface area contributed by atoms with Gasteiger partial charge < -0.3 is 33.5 Å². The zero-order valence-electron chi connectivity index (χ0n) is 30.6. The van der Waals surface area contributed by atoms with Gasteiger partial charge in [0.2, 0.25) is 0 Å². The third-order valence-electron chi connectivity index (χ3n) is 8.63. The van der Waals surface area contributed by atoms with Crippen LogP contribution in [0.25, 0.3) is 17.2 Å². The Hall–Kier alpha value is -4.58. The van der Waals surface area contributed by atoms with E-state index in [1.165, 1.54) is 6.92 Å². The quantitative estimate of drug-likeness (QED) is 0.0637. The van der Waals surface area contributed by atoms with Gasteiger partial charge in [-0.3, -0.25) is 9.59 Å². The van der Waals surface area contributed by atoms with Crippen molar-refractivity contribution < 1.29 is 28.4 Å². The second kappa shape index (κ2) is 19.3. The molecule has 276 valence electrons. The minimum atomic E-state index is -1.35. The van der Waals surface area contributed by atoms with Gasteiger partial charge in [-0.1, -0.05) is 45.4 Å². The van der Waals surface area contributed by atoms with Crippen LogP contribution in [-0.4, -0.2) is 65.5 Å². The van der Waals surface area contributed by atoms with Gasteiger partial charge in [0.15, 0.2) is 16.5 Å². The Kier molecular flexibility index (Phi) is 14.4. The van der Waals surface area contributed by atoms with Gasteiger partial charge in [-0.15, -0.1) is 0 Å². The average Bonchev–Trinajstić information content (AvgIpc) is 3.48. The fourth-order valence-corrected chi connectivity index (χ4v) is 7.05. The van der Waals surface area contributed by atoms with Crippen molar-refractivity contribution in [2.45, 2.75) is 64.2 Å². The summed E-state index contributed by atoms with van der Waals surface area (Å²) in [5.74, 6) is 1.61. The number of fused-ring (bicyclic) bond motifs is 1. The van der Waals surface area contributed by atoms with Gasteiger partial charge in [-0.25, -0.2) is 4.98 Å². The summed E-state index contributed by atoms with van der Waals surface area (Å²) < 4.78 is 31.5. The Balaban J connectivity index is 1.25. The summed E-state index contributed by atoms with van der Waals surface area (Å²) in [6, 6.07) is 21.6. The van der Waals surface area contributed by atoms with E-state index in [-0.39, 0.29) is 24.2 Å². The molecule has 11 heteroatoms. The molecule has 0 aliphatic carbocycles. The molecule has 1 N–H and O–H groups in total. The van der Waals surface area contributed by atoms with Crippen molar-refractivity contribution in [2.24, 2.45) is 5.92 Å². The van der Waals surface area contributed by atoms with Crippen molar-refractivity contribution in [3.8, 4) is 16.9 Å². The molecular formula is C41H50N4O6S. The molecule has 3 aromatic carbocycles. The first kappa shape index (κ1) is 38.6. The van der Waals surface area contributed by atoms with Crippen LogP contribution in [0.3, 0.4) is 0 Å². The zero-order chi connectivity index (χ0) is 36.9. The Bertz CT molecular complexity index is 1790. The van der Waals surface area contributed by atoms with Gasteiger partial charge >= 0.3 is 5.97 Å². The van der Waals surface area contributed by atoms with Crippen LogP contribution in [0.4, 0.5) is 11.4 Å². The van der Waals surface area contributed by atoms with Gasteiger partial charge in [0.25, 0.3) is 5.91 Å². The Morgan fingerprint density at radius 2 is 1.75 bits per heavy atom. The molecule has 1 unspecified atom stereocenters. The van der Waals surface area contributed by atoms with E-state index in [1.54, 1.807) is 36.7 Å². The third kappa shape index (κ3) is 11.2. The van der Waals surface area contributed by atoms with Crippen LogP contribution in [0.15, 0.2) is 89.6 Å². The summed E-state index contributed by atoms with van der Waals surface area (Å²) in [5, 5.41) is 3.06. The van der Waals surface area contributed by atoms with Crippen LogP contribution in [0.5, 0.6) is 5.75 Å².